The molecule has 0 spiro atoms. The molecule has 0 amide bonds. The van der Waals surface area contributed by atoms with Crippen LogP contribution in [0.5, 0.6) is 0 Å². The lowest BCUT2D eigenvalue weighted by Gasteiger charge is -1.95. The minimum atomic E-state index is -1.63. The summed E-state index contributed by atoms with van der Waals surface area (Å²) in [5.41, 5.74) is 0. The zero-order valence-corrected chi connectivity index (χ0v) is 4.76. The summed E-state index contributed by atoms with van der Waals surface area (Å²) in [6, 6.07) is 0. The summed E-state index contributed by atoms with van der Waals surface area (Å²) in [6.45, 7) is -0.727. The molecule has 1 unspecified atom stereocenters. The maximum atomic E-state index is 9.52. The van der Waals surface area contributed by atoms with E-state index in [0.29, 0.717) is 0 Å². The fraction of sp³-hybridized carbons (Fsp3) is 0.667. The van der Waals surface area contributed by atoms with Crippen LogP contribution >= 0.6 is 12.4 Å². The highest BCUT2D eigenvalue weighted by molar-refractivity contribution is 5.85. The van der Waals surface area contributed by atoms with Crippen LogP contribution in [0, 0.1) is 0 Å². The monoisotopic (exact) mass is 142 g/mol. The van der Waals surface area contributed by atoms with Crippen LogP contribution in [0.3, 0.4) is 0 Å². The van der Waals surface area contributed by atoms with Crippen LogP contribution in [0.4, 0.5) is 0 Å². The topological polar surface area (TPSA) is 77.8 Å². The van der Waals surface area contributed by atoms with Crippen molar-refractivity contribution < 1.29 is 20.1 Å². The zero-order chi connectivity index (χ0) is 5.86. The van der Waals surface area contributed by atoms with Crippen molar-refractivity contribution in [1.29, 1.82) is 0 Å². The molecule has 5 heteroatoms. The molecule has 0 aliphatic carbocycles. The Labute approximate surface area is 52.2 Å². The molecule has 4 nitrogen and oxygen atoms in total. The average molecular weight is 143 g/mol. The van der Waals surface area contributed by atoms with E-state index >= 15 is 0 Å². The highest BCUT2D eigenvalue weighted by Gasteiger charge is 2.08. The van der Waals surface area contributed by atoms with Gasteiger partial charge in [0.15, 0.2) is 6.10 Å². The molecule has 0 aromatic heterocycles. The number of carbonyl (C=O) groups is 1. The third kappa shape index (κ3) is 3.86. The highest BCUT2D eigenvalue weighted by Crippen LogP contribution is 1.75. The van der Waals surface area contributed by atoms with Gasteiger partial charge in [0.1, 0.15) is 0 Å². The molecule has 1 atom stereocenters. The van der Waals surface area contributed by atoms with E-state index in [4.69, 9.17) is 15.3 Å². The van der Waals surface area contributed by atoms with E-state index < -0.39 is 18.7 Å². The molecule has 0 saturated heterocycles. The van der Waals surface area contributed by atoms with Gasteiger partial charge in [-0.1, -0.05) is 0 Å². The minimum absolute atomic E-state index is 0. The lowest BCUT2D eigenvalue weighted by atomic mass is 10.4. The van der Waals surface area contributed by atoms with Crippen molar-refractivity contribution in [2.24, 2.45) is 0 Å². The van der Waals surface area contributed by atoms with E-state index in [-0.39, 0.29) is 12.4 Å². The first kappa shape index (κ1) is 10.6. The number of hydrogen-bond acceptors (Lipinski definition) is 3. The fourth-order valence-electron chi connectivity index (χ4n) is 0.0781. The van der Waals surface area contributed by atoms with Gasteiger partial charge in [-0.15, -0.1) is 12.4 Å². The van der Waals surface area contributed by atoms with E-state index in [0.717, 1.165) is 0 Å². The quantitative estimate of drug-likeness (QED) is 0.455. The van der Waals surface area contributed by atoms with E-state index in [1.807, 2.05) is 0 Å². The van der Waals surface area contributed by atoms with Gasteiger partial charge in [0, 0.05) is 0 Å². The van der Waals surface area contributed by atoms with E-state index in [1.165, 1.54) is 0 Å². The summed E-state index contributed by atoms with van der Waals surface area (Å²) in [7, 11) is 0. The van der Waals surface area contributed by atoms with Gasteiger partial charge in [-0.05, 0) is 0 Å². The van der Waals surface area contributed by atoms with Crippen molar-refractivity contribution >= 4 is 18.4 Å². The molecule has 0 bridgehead atoms. The summed E-state index contributed by atoms with van der Waals surface area (Å²) in [6.07, 6.45) is -1.63. The maximum Gasteiger partial charge on any atom is 0.334 e. The zero-order valence-electron chi connectivity index (χ0n) is 3.94. The summed E-state index contributed by atoms with van der Waals surface area (Å²) >= 11 is 0. The predicted octanol–water partition coefficient (Wildman–Crippen LogP) is -1.15. The van der Waals surface area contributed by atoms with Crippen molar-refractivity contribution in [3.05, 3.63) is 0 Å². The third-order valence-corrected chi connectivity index (χ3v) is 0.458. The number of aliphatic hydroxyl groups excluding tert-OH is 2. The Morgan fingerprint density at radius 1 is 1.62 bits per heavy atom. The molecule has 0 aromatic rings. The average Bonchev–Trinajstić information content (AvgIpc) is 1.65. The van der Waals surface area contributed by atoms with Crippen LogP contribution in [0.1, 0.15) is 0 Å². The Morgan fingerprint density at radius 2 is 2.00 bits per heavy atom. The second-order valence-electron chi connectivity index (χ2n) is 1.04. The van der Waals surface area contributed by atoms with Crippen LogP contribution in [0.15, 0.2) is 0 Å². The van der Waals surface area contributed by atoms with Crippen molar-refractivity contribution in [2.75, 3.05) is 6.61 Å². The van der Waals surface area contributed by atoms with Crippen molar-refractivity contribution in [3.8, 4) is 0 Å². The standard InChI is InChI=1S/C3H6O4.ClH/c4-1-2(5)3(6)7;/h2,4-5H,1H2,(H,6,7);1H. The number of rotatable bonds is 2. The summed E-state index contributed by atoms with van der Waals surface area (Å²) in [5.74, 6) is -1.40. The van der Waals surface area contributed by atoms with E-state index in [9.17, 15) is 4.79 Å². The Morgan fingerprint density at radius 3 is 2.00 bits per heavy atom. The van der Waals surface area contributed by atoms with Crippen LogP contribution in [-0.2, 0) is 4.79 Å². The largest absolute Gasteiger partial charge is 0.479 e. The molecule has 0 aliphatic heterocycles. The summed E-state index contributed by atoms with van der Waals surface area (Å²) in [5, 5.41) is 23.7. The molecular formula is C3H7ClO4. The number of carboxylic acid groups (broad SMARTS) is 1. The van der Waals surface area contributed by atoms with Crippen LogP contribution in [0.2, 0.25) is 0 Å². The number of aliphatic hydroxyl groups is 2. The molecule has 0 heterocycles. The first-order valence-corrected chi connectivity index (χ1v) is 1.70. The Kier molecular flexibility index (Phi) is 6.41. The number of halogens is 1. The summed E-state index contributed by atoms with van der Waals surface area (Å²) in [4.78, 5) is 9.52. The van der Waals surface area contributed by atoms with Crippen LogP contribution in [-0.4, -0.2) is 34.0 Å². The normalized spacial score (nSPS) is 11.8. The van der Waals surface area contributed by atoms with E-state index in [2.05, 4.69) is 0 Å². The SMILES string of the molecule is Cl.O=C(O)C(O)CO. The molecular weight excluding hydrogens is 135 g/mol. The molecule has 50 valence electrons. The molecule has 0 rings (SSSR count). The fourth-order valence-corrected chi connectivity index (χ4v) is 0.0781. The van der Waals surface area contributed by atoms with Crippen molar-refractivity contribution in [1.82, 2.24) is 0 Å². The van der Waals surface area contributed by atoms with Gasteiger partial charge in [0.25, 0.3) is 0 Å². The van der Waals surface area contributed by atoms with Crippen molar-refractivity contribution in [3.63, 3.8) is 0 Å². The maximum absolute atomic E-state index is 9.52. The van der Waals surface area contributed by atoms with Gasteiger partial charge >= 0.3 is 5.97 Å². The molecule has 0 fully saturated rings. The van der Waals surface area contributed by atoms with Crippen LogP contribution in [0.25, 0.3) is 0 Å². The van der Waals surface area contributed by atoms with Gasteiger partial charge in [0.2, 0.25) is 0 Å². The van der Waals surface area contributed by atoms with Gasteiger partial charge in [-0.25, -0.2) is 4.79 Å². The van der Waals surface area contributed by atoms with Crippen LogP contribution < -0.4 is 0 Å². The number of carboxylic acids is 1. The Bertz CT molecular complexity index is 73.7. The molecule has 0 aromatic carbocycles. The van der Waals surface area contributed by atoms with Gasteiger partial charge < -0.3 is 15.3 Å². The first-order valence-electron chi connectivity index (χ1n) is 1.70. The Balaban J connectivity index is 0. The lowest BCUT2D eigenvalue weighted by Crippen LogP contribution is -2.22. The van der Waals surface area contributed by atoms with E-state index in [1.54, 1.807) is 0 Å². The summed E-state index contributed by atoms with van der Waals surface area (Å²) < 4.78 is 0. The number of hydrogen-bond donors (Lipinski definition) is 3. The molecule has 8 heavy (non-hydrogen) atoms. The second-order valence-corrected chi connectivity index (χ2v) is 1.04. The van der Waals surface area contributed by atoms with Gasteiger partial charge in [-0.2, -0.15) is 0 Å². The Hall–Kier alpha value is -0.320. The minimum Gasteiger partial charge on any atom is -0.479 e. The molecule has 0 saturated carbocycles. The second kappa shape index (κ2) is 4.83. The first-order chi connectivity index (χ1) is 3.18. The van der Waals surface area contributed by atoms with Crippen molar-refractivity contribution in [2.45, 2.75) is 6.10 Å². The molecule has 0 radical (unpaired) electrons. The molecule has 3 N–H and O–H groups in total. The smallest absolute Gasteiger partial charge is 0.334 e. The van der Waals surface area contributed by atoms with Gasteiger partial charge in [-0.3, -0.25) is 0 Å². The van der Waals surface area contributed by atoms with Gasteiger partial charge in [0.05, 0.1) is 6.61 Å². The predicted molar refractivity (Wildman–Crippen MR) is 28.0 cm³/mol. The molecule has 0 aliphatic rings. The number of aliphatic carboxylic acids is 1. The lowest BCUT2D eigenvalue weighted by molar-refractivity contribution is -0.148. The third-order valence-electron chi connectivity index (χ3n) is 0.458. The highest BCUT2D eigenvalue weighted by atomic mass is 35.5.